The molecule has 2 aromatic rings. The second kappa shape index (κ2) is 4.84. The summed E-state index contributed by atoms with van der Waals surface area (Å²) >= 11 is 0. The summed E-state index contributed by atoms with van der Waals surface area (Å²) in [6, 6.07) is 9.64. The van der Waals surface area contributed by atoms with Gasteiger partial charge in [-0.2, -0.15) is 0 Å². The van der Waals surface area contributed by atoms with Gasteiger partial charge in [-0.1, -0.05) is 0 Å². The van der Waals surface area contributed by atoms with Gasteiger partial charge in [-0.05, 0) is 54.3 Å². The van der Waals surface area contributed by atoms with Crippen molar-refractivity contribution in [3.05, 3.63) is 59.4 Å². The molecule has 0 spiro atoms. The van der Waals surface area contributed by atoms with E-state index in [4.69, 9.17) is 4.74 Å². The lowest BCUT2D eigenvalue weighted by molar-refractivity contribution is 0.0936. The molecule has 1 aliphatic carbocycles. The molecule has 19 heavy (non-hydrogen) atoms. The molecule has 0 unspecified atom stereocenters. The Morgan fingerprint density at radius 2 is 2.05 bits per heavy atom. The Hall–Kier alpha value is -2.16. The van der Waals surface area contributed by atoms with Crippen molar-refractivity contribution < 1.29 is 9.53 Å². The van der Waals surface area contributed by atoms with Crippen LogP contribution in [0.4, 0.5) is 0 Å². The van der Waals surface area contributed by atoms with Gasteiger partial charge in [-0.3, -0.25) is 9.78 Å². The molecule has 3 heteroatoms. The summed E-state index contributed by atoms with van der Waals surface area (Å²) in [6.07, 6.45) is 5.11. The van der Waals surface area contributed by atoms with Crippen LogP contribution in [0.1, 0.15) is 21.5 Å². The number of hydrogen-bond acceptors (Lipinski definition) is 3. The van der Waals surface area contributed by atoms with E-state index in [1.54, 1.807) is 19.5 Å². The number of nitrogens with zero attached hydrogens (tertiary/aromatic N) is 1. The molecule has 0 saturated heterocycles. The minimum atomic E-state index is 0.0458. The predicted molar refractivity (Wildman–Crippen MR) is 72.5 cm³/mol. The maximum atomic E-state index is 12.3. The van der Waals surface area contributed by atoms with Crippen LogP contribution in [0.3, 0.4) is 0 Å². The SMILES string of the molecule is COc1ccc2c(c1)C[C@@H](Cc1ccncc1)C2=O. The van der Waals surface area contributed by atoms with E-state index >= 15 is 0 Å². The maximum Gasteiger partial charge on any atom is 0.166 e. The number of hydrogen-bond donors (Lipinski definition) is 0. The van der Waals surface area contributed by atoms with E-state index in [1.165, 1.54) is 0 Å². The summed E-state index contributed by atoms with van der Waals surface area (Å²) in [5.74, 6) is 1.11. The summed E-state index contributed by atoms with van der Waals surface area (Å²) in [6.45, 7) is 0. The van der Waals surface area contributed by atoms with Crippen LogP contribution in [-0.4, -0.2) is 17.9 Å². The number of pyridine rings is 1. The molecule has 3 nitrogen and oxygen atoms in total. The fourth-order valence-electron chi connectivity index (χ4n) is 2.65. The maximum absolute atomic E-state index is 12.3. The fourth-order valence-corrected chi connectivity index (χ4v) is 2.65. The van der Waals surface area contributed by atoms with Crippen LogP contribution in [0.25, 0.3) is 0 Å². The first-order valence-electron chi connectivity index (χ1n) is 6.38. The van der Waals surface area contributed by atoms with E-state index in [9.17, 15) is 4.79 Å². The van der Waals surface area contributed by atoms with Crippen LogP contribution in [0.5, 0.6) is 5.75 Å². The number of carbonyl (C=O) groups excluding carboxylic acids is 1. The molecule has 0 saturated carbocycles. The van der Waals surface area contributed by atoms with Crippen molar-refractivity contribution in [1.29, 1.82) is 0 Å². The molecule has 3 rings (SSSR count). The summed E-state index contributed by atoms with van der Waals surface area (Å²) in [4.78, 5) is 16.3. The second-order valence-electron chi connectivity index (χ2n) is 4.85. The van der Waals surface area contributed by atoms with Crippen molar-refractivity contribution in [3.8, 4) is 5.75 Å². The van der Waals surface area contributed by atoms with E-state index < -0.39 is 0 Å². The van der Waals surface area contributed by atoms with Crippen molar-refractivity contribution in [2.45, 2.75) is 12.8 Å². The number of aromatic nitrogens is 1. The van der Waals surface area contributed by atoms with Crippen LogP contribution >= 0.6 is 0 Å². The largest absolute Gasteiger partial charge is 0.497 e. The van der Waals surface area contributed by atoms with E-state index in [2.05, 4.69) is 4.98 Å². The Kier molecular flexibility index (Phi) is 3.03. The Balaban J connectivity index is 1.83. The van der Waals surface area contributed by atoms with Gasteiger partial charge < -0.3 is 4.74 Å². The van der Waals surface area contributed by atoms with Gasteiger partial charge in [0, 0.05) is 23.9 Å². The summed E-state index contributed by atoms with van der Waals surface area (Å²) in [5.41, 5.74) is 3.11. The number of ether oxygens (including phenoxy) is 1. The van der Waals surface area contributed by atoms with E-state index in [0.29, 0.717) is 0 Å². The molecular weight excluding hydrogens is 238 g/mol. The number of ketones is 1. The lowest BCUT2D eigenvalue weighted by atomic mass is 9.96. The third-order valence-corrected chi connectivity index (χ3v) is 3.65. The average molecular weight is 253 g/mol. The molecule has 1 heterocycles. The highest BCUT2D eigenvalue weighted by atomic mass is 16.5. The topological polar surface area (TPSA) is 39.2 Å². The number of benzene rings is 1. The van der Waals surface area contributed by atoms with Gasteiger partial charge in [0.15, 0.2) is 5.78 Å². The van der Waals surface area contributed by atoms with Gasteiger partial charge in [-0.25, -0.2) is 0 Å². The fraction of sp³-hybridized carbons (Fsp3) is 0.250. The third kappa shape index (κ3) is 2.24. The Labute approximate surface area is 112 Å². The van der Waals surface area contributed by atoms with Crippen LogP contribution in [0.15, 0.2) is 42.7 Å². The van der Waals surface area contributed by atoms with Crippen molar-refractivity contribution >= 4 is 5.78 Å². The van der Waals surface area contributed by atoms with E-state index in [0.717, 1.165) is 35.3 Å². The van der Waals surface area contributed by atoms with Crippen molar-refractivity contribution in [1.82, 2.24) is 4.98 Å². The molecule has 0 amide bonds. The highest BCUT2D eigenvalue weighted by Crippen LogP contribution is 2.31. The molecular formula is C16H15NO2. The van der Waals surface area contributed by atoms with Crippen LogP contribution in [-0.2, 0) is 12.8 Å². The second-order valence-corrected chi connectivity index (χ2v) is 4.85. The zero-order valence-corrected chi connectivity index (χ0v) is 10.8. The van der Waals surface area contributed by atoms with Gasteiger partial charge in [0.2, 0.25) is 0 Å². The van der Waals surface area contributed by atoms with Gasteiger partial charge in [0.25, 0.3) is 0 Å². The summed E-state index contributed by atoms with van der Waals surface area (Å²) in [7, 11) is 1.65. The van der Waals surface area contributed by atoms with Gasteiger partial charge in [0.1, 0.15) is 5.75 Å². The first kappa shape index (κ1) is 11.9. The minimum Gasteiger partial charge on any atom is -0.497 e. The standard InChI is InChI=1S/C16H15NO2/c1-19-14-2-3-15-12(10-14)9-13(16(15)18)8-11-4-6-17-7-5-11/h2-7,10,13H,8-9H2,1H3/t13-/m1/s1. The predicted octanol–water partition coefficient (Wildman–Crippen LogP) is 2.69. The Morgan fingerprint density at radius 3 is 2.79 bits per heavy atom. The molecule has 1 aliphatic rings. The van der Waals surface area contributed by atoms with Crippen molar-refractivity contribution in [2.75, 3.05) is 7.11 Å². The lowest BCUT2D eigenvalue weighted by Crippen LogP contribution is -2.12. The number of rotatable bonds is 3. The third-order valence-electron chi connectivity index (χ3n) is 3.65. The minimum absolute atomic E-state index is 0.0458. The van der Waals surface area contributed by atoms with Crippen molar-refractivity contribution in [3.63, 3.8) is 0 Å². The van der Waals surface area contributed by atoms with E-state index in [1.807, 2.05) is 30.3 Å². The first-order valence-corrected chi connectivity index (χ1v) is 6.38. The van der Waals surface area contributed by atoms with Crippen LogP contribution in [0, 0.1) is 5.92 Å². The number of Topliss-reactive ketones (excluding diaryl/α,β-unsaturated/α-hetero) is 1. The quantitative estimate of drug-likeness (QED) is 0.844. The molecule has 1 aromatic carbocycles. The molecule has 1 aromatic heterocycles. The monoisotopic (exact) mass is 253 g/mol. The average Bonchev–Trinajstić information content (AvgIpc) is 2.76. The number of methoxy groups -OCH3 is 1. The molecule has 0 N–H and O–H groups in total. The highest BCUT2D eigenvalue weighted by molar-refractivity contribution is 6.02. The summed E-state index contributed by atoms with van der Waals surface area (Å²) in [5, 5.41) is 0. The van der Waals surface area contributed by atoms with Crippen LogP contribution in [0.2, 0.25) is 0 Å². The Morgan fingerprint density at radius 1 is 1.26 bits per heavy atom. The van der Waals surface area contributed by atoms with Gasteiger partial charge >= 0.3 is 0 Å². The normalized spacial score (nSPS) is 17.3. The molecule has 0 fully saturated rings. The molecule has 0 bridgehead atoms. The van der Waals surface area contributed by atoms with Gasteiger partial charge in [0.05, 0.1) is 7.11 Å². The first-order chi connectivity index (χ1) is 9.28. The highest BCUT2D eigenvalue weighted by Gasteiger charge is 2.30. The van der Waals surface area contributed by atoms with Gasteiger partial charge in [-0.15, -0.1) is 0 Å². The molecule has 1 atom stereocenters. The Bertz CT molecular complexity index is 607. The lowest BCUT2D eigenvalue weighted by Gasteiger charge is -2.07. The number of carbonyl (C=O) groups is 1. The summed E-state index contributed by atoms with van der Waals surface area (Å²) < 4.78 is 5.21. The van der Waals surface area contributed by atoms with E-state index in [-0.39, 0.29) is 11.7 Å². The molecule has 0 aliphatic heterocycles. The number of fused-ring (bicyclic) bond motifs is 1. The van der Waals surface area contributed by atoms with Crippen LogP contribution < -0.4 is 4.74 Å². The molecule has 0 radical (unpaired) electrons. The molecule has 96 valence electrons. The zero-order chi connectivity index (χ0) is 13.2. The van der Waals surface area contributed by atoms with Crippen molar-refractivity contribution in [2.24, 2.45) is 5.92 Å². The zero-order valence-electron chi connectivity index (χ0n) is 10.8. The smallest absolute Gasteiger partial charge is 0.166 e.